The maximum Gasteiger partial charge on any atom is 0.127 e. The number of benzene rings is 2. The molecule has 0 spiro atoms. The van der Waals surface area contributed by atoms with E-state index in [-0.39, 0.29) is 12.4 Å². The van der Waals surface area contributed by atoms with Crippen LogP contribution in [0.2, 0.25) is 0 Å². The zero-order valence-corrected chi connectivity index (χ0v) is 10.2. The Labute approximate surface area is 106 Å². The van der Waals surface area contributed by atoms with E-state index in [0.717, 1.165) is 11.3 Å². The normalized spacial score (nSPS) is 10.4. The van der Waals surface area contributed by atoms with E-state index in [1.165, 1.54) is 6.07 Å². The summed E-state index contributed by atoms with van der Waals surface area (Å²) in [5.41, 5.74) is 2.23. The van der Waals surface area contributed by atoms with Crippen LogP contribution in [0.4, 0.5) is 4.39 Å². The van der Waals surface area contributed by atoms with Crippen LogP contribution in [0.15, 0.2) is 42.5 Å². The monoisotopic (exact) mass is 246 g/mol. The van der Waals surface area contributed by atoms with Gasteiger partial charge >= 0.3 is 0 Å². The van der Waals surface area contributed by atoms with Gasteiger partial charge in [0.2, 0.25) is 0 Å². The number of hydrogen-bond acceptors (Lipinski definition) is 2. The number of hydrogen-bond donors (Lipinski definition) is 1. The fourth-order valence-electron chi connectivity index (χ4n) is 1.80. The Morgan fingerprint density at radius 2 is 1.72 bits per heavy atom. The molecule has 0 fully saturated rings. The lowest BCUT2D eigenvalue weighted by Gasteiger charge is -2.06. The topological polar surface area (TPSA) is 29.5 Å². The molecule has 0 atom stereocenters. The van der Waals surface area contributed by atoms with Gasteiger partial charge in [0, 0.05) is 6.42 Å². The molecule has 0 saturated heterocycles. The van der Waals surface area contributed by atoms with Crippen molar-refractivity contribution in [2.75, 3.05) is 7.11 Å². The van der Waals surface area contributed by atoms with Gasteiger partial charge in [0.15, 0.2) is 0 Å². The number of rotatable bonds is 4. The van der Waals surface area contributed by atoms with Crippen molar-refractivity contribution >= 4 is 0 Å². The Bertz CT molecular complexity index is 521. The summed E-state index contributed by atoms with van der Waals surface area (Å²) in [6, 6.07) is 12.4. The van der Waals surface area contributed by atoms with Crippen molar-refractivity contribution in [3.05, 3.63) is 65.0 Å². The minimum atomic E-state index is -0.280. The van der Waals surface area contributed by atoms with Crippen molar-refractivity contribution in [3.8, 4) is 5.75 Å². The summed E-state index contributed by atoms with van der Waals surface area (Å²) in [4.78, 5) is 0. The Balaban J connectivity index is 2.17. The summed E-state index contributed by atoms with van der Waals surface area (Å²) >= 11 is 0. The van der Waals surface area contributed by atoms with Crippen molar-refractivity contribution < 1.29 is 14.2 Å². The molecule has 2 nitrogen and oxygen atoms in total. The van der Waals surface area contributed by atoms with E-state index in [4.69, 9.17) is 9.84 Å². The Morgan fingerprint density at radius 3 is 2.28 bits per heavy atom. The molecule has 2 aromatic rings. The summed E-state index contributed by atoms with van der Waals surface area (Å²) in [6.07, 6.45) is 0.529. The van der Waals surface area contributed by atoms with Gasteiger partial charge in [0.1, 0.15) is 11.6 Å². The van der Waals surface area contributed by atoms with Gasteiger partial charge in [-0.05, 0) is 34.9 Å². The molecular weight excluding hydrogens is 231 g/mol. The molecule has 0 saturated carbocycles. The number of methoxy groups -OCH3 is 1. The molecule has 1 N–H and O–H groups in total. The molecule has 0 heterocycles. The van der Waals surface area contributed by atoms with Crippen molar-refractivity contribution in [3.63, 3.8) is 0 Å². The van der Waals surface area contributed by atoms with Crippen LogP contribution in [0.1, 0.15) is 16.7 Å². The predicted molar refractivity (Wildman–Crippen MR) is 68.1 cm³/mol. The minimum Gasteiger partial charge on any atom is -0.497 e. The zero-order chi connectivity index (χ0) is 13.0. The van der Waals surface area contributed by atoms with E-state index in [1.54, 1.807) is 19.2 Å². The molecule has 0 amide bonds. The first-order chi connectivity index (χ1) is 8.72. The van der Waals surface area contributed by atoms with Crippen LogP contribution >= 0.6 is 0 Å². The lowest BCUT2D eigenvalue weighted by atomic mass is 10.0. The van der Waals surface area contributed by atoms with Gasteiger partial charge in [0.25, 0.3) is 0 Å². The highest BCUT2D eigenvalue weighted by Crippen LogP contribution is 2.17. The summed E-state index contributed by atoms with van der Waals surface area (Å²) < 4.78 is 18.8. The summed E-state index contributed by atoms with van der Waals surface area (Å²) in [5.74, 6) is 0.507. The quantitative estimate of drug-likeness (QED) is 0.898. The van der Waals surface area contributed by atoms with Crippen LogP contribution in [0.3, 0.4) is 0 Å². The lowest BCUT2D eigenvalue weighted by molar-refractivity contribution is 0.281. The predicted octanol–water partition coefficient (Wildman–Crippen LogP) is 2.92. The van der Waals surface area contributed by atoms with Crippen LogP contribution in [0, 0.1) is 5.82 Å². The van der Waals surface area contributed by atoms with Gasteiger partial charge in [-0.3, -0.25) is 0 Å². The number of ether oxygens (including phenoxy) is 1. The second-order valence-corrected chi connectivity index (χ2v) is 4.11. The standard InChI is InChI=1S/C15H15FO2/c1-18-14-6-3-11(4-7-14)8-13-5-2-12(10-17)9-15(13)16/h2-7,9,17H,8,10H2,1H3. The lowest BCUT2D eigenvalue weighted by Crippen LogP contribution is -1.95. The molecule has 3 heteroatoms. The van der Waals surface area contributed by atoms with Gasteiger partial charge in [0.05, 0.1) is 13.7 Å². The second kappa shape index (κ2) is 5.65. The van der Waals surface area contributed by atoms with E-state index in [1.807, 2.05) is 24.3 Å². The highest BCUT2D eigenvalue weighted by molar-refractivity contribution is 5.33. The first kappa shape index (κ1) is 12.6. The summed E-state index contributed by atoms with van der Waals surface area (Å²) in [7, 11) is 1.61. The van der Waals surface area contributed by atoms with Gasteiger partial charge in [-0.15, -0.1) is 0 Å². The third-order valence-electron chi connectivity index (χ3n) is 2.85. The van der Waals surface area contributed by atoms with Crippen molar-refractivity contribution in [1.29, 1.82) is 0 Å². The van der Waals surface area contributed by atoms with Crippen LogP contribution in [0.5, 0.6) is 5.75 Å². The van der Waals surface area contributed by atoms with Gasteiger partial charge < -0.3 is 9.84 Å². The SMILES string of the molecule is COc1ccc(Cc2ccc(CO)cc2F)cc1. The highest BCUT2D eigenvalue weighted by atomic mass is 19.1. The van der Waals surface area contributed by atoms with E-state index in [9.17, 15) is 4.39 Å². The van der Waals surface area contributed by atoms with Crippen molar-refractivity contribution in [2.24, 2.45) is 0 Å². The van der Waals surface area contributed by atoms with Crippen LogP contribution in [0.25, 0.3) is 0 Å². The summed E-state index contributed by atoms with van der Waals surface area (Å²) in [5, 5.41) is 8.92. The van der Waals surface area contributed by atoms with Crippen molar-refractivity contribution in [1.82, 2.24) is 0 Å². The molecule has 0 aromatic heterocycles. The molecule has 2 rings (SSSR count). The fraction of sp³-hybridized carbons (Fsp3) is 0.200. The number of halogens is 1. The Kier molecular flexibility index (Phi) is 3.95. The fourth-order valence-corrected chi connectivity index (χ4v) is 1.80. The molecule has 0 radical (unpaired) electrons. The molecule has 0 aliphatic carbocycles. The van der Waals surface area contributed by atoms with E-state index >= 15 is 0 Å². The maximum atomic E-state index is 13.7. The van der Waals surface area contributed by atoms with E-state index in [0.29, 0.717) is 17.5 Å². The number of aliphatic hydroxyl groups excluding tert-OH is 1. The maximum absolute atomic E-state index is 13.7. The highest BCUT2D eigenvalue weighted by Gasteiger charge is 2.04. The van der Waals surface area contributed by atoms with Gasteiger partial charge in [-0.2, -0.15) is 0 Å². The van der Waals surface area contributed by atoms with Crippen LogP contribution in [-0.2, 0) is 13.0 Å². The molecule has 0 aliphatic rings. The van der Waals surface area contributed by atoms with E-state index < -0.39 is 0 Å². The average Bonchev–Trinajstić information content (AvgIpc) is 2.42. The molecule has 0 bridgehead atoms. The van der Waals surface area contributed by atoms with Gasteiger partial charge in [-0.25, -0.2) is 4.39 Å². The first-order valence-corrected chi connectivity index (χ1v) is 5.74. The largest absolute Gasteiger partial charge is 0.497 e. The Morgan fingerprint density at radius 1 is 1.06 bits per heavy atom. The number of aliphatic hydroxyl groups is 1. The first-order valence-electron chi connectivity index (χ1n) is 5.74. The van der Waals surface area contributed by atoms with E-state index in [2.05, 4.69) is 0 Å². The van der Waals surface area contributed by atoms with Crippen LogP contribution in [-0.4, -0.2) is 12.2 Å². The van der Waals surface area contributed by atoms with Crippen molar-refractivity contribution in [2.45, 2.75) is 13.0 Å². The molecule has 0 unspecified atom stereocenters. The van der Waals surface area contributed by atoms with Crippen LogP contribution < -0.4 is 4.74 Å². The summed E-state index contributed by atoms with van der Waals surface area (Å²) in [6.45, 7) is -0.139. The van der Waals surface area contributed by atoms with Gasteiger partial charge in [-0.1, -0.05) is 24.3 Å². The third kappa shape index (κ3) is 2.87. The molecule has 18 heavy (non-hydrogen) atoms. The molecule has 94 valence electrons. The second-order valence-electron chi connectivity index (χ2n) is 4.11. The average molecular weight is 246 g/mol. The molecule has 2 aromatic carbocycles. The minimum absolute atomic E-state index is 0.139. The molecule has 0 aliphatic heterocycles. The Hall–Kier alpha value is -1.87. The smallest absolute Gasteiger partial charge is 0.127 e. The zero-order valence-electron chi connectivity index (χ0n) is 10.2. The molecular formula is C15H15FO2. The third-order valence-corrected chi connectivity index (χ3v) is 2.85.